The van der Waals surface area contributed by atoms with E-state index in [2.05, 4.69) is 5.10 Å². The van der Waals surface area contributed by atoms with E-state index in [-0.39, 0.29) is 24.1 Å². The highest BCUT2D eigenvalue weighted by Crippen LogP contribution is 2.32. The molecular weight excluding hydrogens is 506 g/mol. The van der Waals surface area contributed by atoms with Crippen LogP contribution in [0.3, 0.4) is 0 Å². The monoisotopic (exact) mass is 531 g/mol. The lowest BCUT2D eigenvalue weighted by Crippen LogP contribution is -2.38. The second kappa shape index (κ2) is 10.5. The zero-order valence-corrected chi connectivity index (χ0v) is 21.7. The van der Waals surface area contributed by atoms with Crippen LogP contribution in [0.1, 0.15) is 18.1 Å². The lowest BCUT2D eigenvalue weighted by molar-refractivity contribution is -0.143. The van der Waals surface area contributed by atoms with Crippen LogP contribution < -0.4 is 10.5 Å². The summed E-state index contributed by atoms with van der Waals surface area (Å²) in [5.74, 6) is -0.969. The number of para-hydroxylation sites is 3. The quantitative estimate of drug-likeness (QED) is 0.170. The summed E-state index contributed by atoms with van der Waals surface area (Å²) < 4.78 is 12.5. The minimum absolute atomic E-state index is 0.0146. The highest BCUT2D eigenvalue weighted by Gasteiger charge is 2.30. The molecule has 1 aliphatic rings. The van der Waals surface area contributed by atoms with E-state index in [0.29, 0.717) is 16.8 Å². The Balaban J connectivity index is 1.26. The number of carbonyl (C=O) groups is 2. The molecule has 2 aromatic heterocycles. The normalized spacial score (nSPS) is 14.5. The van der Waals surface area contributed by atoms with Crippen molar-refractivity contribution in [3.8, 4) is 16.9 Å². The second-order valence-electron chi connectivity index (χ2n) is 9.59. The lowest BCUT2D eigenvalue weighted by atomic mass is 10.1. The molecule has 1 unspecified atom stereocenters. The summed E-state index contributed by atoms with van der Waals surface area (Å²) in [6.45, 7) is 1.58. The van der Waals surface area contributed by atoms with E-state index in [9.17, 15) is 14.4 Å². The van der Waals surface area contributed by atoms with E-state index in [1.165, 1.54) is 12.2 Å². The van der Waals surface area contributed by atoms with Gasteiger partial charge in [-0.15, -0.1) is 0 Å². The summed E-state index contributed by atoms with van der Waals surface area (Å²) >= 11 is 0. The van der Waals surface area contributed by atoms with E-state index >= 15 is 0 Å². The van der Waals surface area contributed by atoms with Crippen molar-refractivity contribution in [1.82, 2.24) is 9.78 Å². The summed E-state index contributed by atoms with van der Waals surface area (Å²) in [5.41, 5.74) is 3.77. The number of hydrogen-bond donors (Lipinski definition) is 0. The molecule has 0 saturated carbocycles. The number of benzene rings is 3. The van der Waals surface area contributed by atoms with Gasteiger partial charge in [-0.25, -0.2) is 14.3 Å². The average Bonchev–Trinajstić information content (AvgIpc) is 3.55. The maximum atomic E-state index is 12.9. The predicted molar refractivity (Wildman–Crippen MR) is 152 cm³/mol. The van der Waals surface area contributed by atoms with Crippen LogP contribution in [0.25, 0.3) is 34.0 Å². The van der Waals surface area contributed by atoms with Gasteiger partial charge >= 0.3 is 11.6 Å². The SMILES string of the molecule is CC1Cc2ccccc2N1C(=O)COC(=O)/C=C/c1cn(-c2ccccc2)nc1-c1cc2ccccc2oc1=O. The van der Waals surface area contributed by atoms with Crippen LogP contribution in [0.5, 0.6) is 0 Å². The molecule has 3 aromatic carbocycles. The van der Waals surface area contributed by atoms with E-state index in [0.717, 1.165) is 28.7 Å². The topological polar surface area (TPSA) is 94.6 Å². The van der Waals surface area contributed by atoms with Crippen molar-refractivity contribution in [3.63, 3.8) is 0 Å². The summed E-state index contributed by atoms with van der Waals surface area (Å²) in [6, 6.07) is 26.1. The molecule has 6 rings (SSSR count). The summed E-state index contributed by atoms with van der Waals surface area (Å²) in [7, 11) is 0. The highest BCUT2D eigenvalue weighted by molar-refractivity contribution is 5.99. The van der Waals surface area contributed by atoms with E-state index < -0.39 is 11.6 Å². The highest BCUT2D eigenvalue weighted by atomic mass is 16.5. The standard InChI is InChI=1S/C32H25N3O5/c1-21-17-22-9-5-7-13-27(22)35(21)29(36)20-39-30(37)16-15-24-19-34(25-11-3-2-4-12-25)33-31(24)26-18-23-10-6-8-14-28(23)40-32(26)38/h2-16,18-19,21H,17,20H2,1H3/b16-15+. The molecule has 8 nitrogen and oxygen atoms in total. The lowest BCUT2D eigenvalue weighted by Gasteiger charge is -2.22. The smallest absolute Gasteiger partial charge is 0.345 e. The van der Waals surface area contributed by atoms with Crippen molar-refractivity contribution >= 4 is 34.6 Å². The zero-order chi connectivity index (χ0) is 27.6. The predicted octanol–water partition coefficient (Wildman–Crippen LogP) is 5.18. The summed E-state index contributed by atoms with van der Waals surface area (Å²) in [4.78, 5) is 40.1. The molecule has 0 spiro atoms. The van der Waals surface area contributed by atoms with Crippen molar-refractivity contribution in [3.05, 3.63) is 119 Å². The van der Waals surface area contributed by atoms with Gasteiger partial charge in [0, 0.05) is 35.0 Å². The Morgan fingerprint density at radius 3 is 2.62 bits per heavy atom. The van der Waals surface area contributed by atoms with Gasteiger partial charge in [0.2, 0.25) is 0 Å². The Kier molecular flexibility index (Phi) is 6.57. The van der Waals surface area contributed by atoms with Gasteiger partial charge in [-0.3, -0.25) is 4.79 Å². The molecule has 3 heterocycles. The maximum Gasteiger partial charge on any atom is 0.345 e. The van der Waals surface area contributed by atoms with Gasteiger partial charge in [0.15, 0.2) is 6.61 Å². The molecule has 0 N–H and O–H groups in total. The third kappa shape index (κ3) is 4.82. The number of nitrogens with zero attached hydrogens (tertiary/aromatic N) is 3. The largest absolute Gasteiger partial charge is 0.452 e. The minimum atomic E-state index is -0.683. The van der Waals surface area contributed by atoms with Crippen molar-refractivity contribution in [2.24, 2.45) is 0 Å². The van der Waals surface area contributed by atoms with E-state index in [1.54, 1.807) is 34.0 Å². The Morgan fingerprint density at radius 2 is 1.77 bits per heavy atom. The molecule has 40 heavy (non-hydrogen) atoms. The first kappa shape index (κ1) is 25.1. The summed E-state index contributed by atoms with van der Waals surface area (Å²) in [6.07, 6.45) is 5.23. The minimum Gasteiger partial charge on any atom is -0.452 e. The van der Waals surface area contributed by atoms with Gasteiger partial charge < -0.3 is 14.1 Å². The van der Waals surface area contributed by atoms with Gasteiger partial charge in [-0.1, -0.05) is 54.6 Å². The number of ether oxygens (including phenoxy) is 1. The number of rotatable bonds is 6. The van der Waals surface area contributed by atoms with Gasteiger partial charge in [0.1, 0.15) is 11.3 Å². The molecule has 1 amide bonds. The Hall–Kier alpha value is -5.24. The number of carbonyl (C=O) groups excluding carboxylic acids is 2. The molecule has 1 aliphatic heterocycles. The fourth-order valence-electron chi connectivity index (χ4n) is 5.01. The molecule has 198 valence electrons. The summed E-state index contributed by atoms with van der Waals surface area (Å²) in [5, 5.41) is 5.39. The number of aromatic nitrogens is 2. The first-order chi connectivity index (χ1) is 19.5. The third-order valence-corrected chi connectivity index (χ3v) is 6.87. The van der Waals surface area contributed by atoms with Gasteiger partial charge in [-0.2, -0.15) is 5.10 Å². The Morgan fingerprint density at radius 1 is 1.02 bits per heavy atom. The number of fused-ring (bicyclic) bond motifs is 2. The molecule has 0 aliphatic carbocycles. The van der Waals surface area contributed by atoms with Gasteiger partial charge in [0.05, 0.1) is 11.3 Å². The molecular formula is C32H25N3O5. The maximum absolute atomic E-state index is 12.9. The fourth-order valence-corrected chi connectivity index (χ4v) is 5.01. The van der Waals surface area contributed by atoms with Crippen LogP contribution >= 0.6 is 0 Å². The molecule has 0 fully saturated rings. The van der Waals surface area contributed by atoms with Gasteiger partial charge in [0.25, 0.3) is 5.91 Å². The third-order valence-electron chi connectivity index (χ3n) is 6.87. The van der Waals surface area contributed by atoms with Crippen molar-refractivity contribution in [2.45, 2.75) is 19.4 Å². The van der Waals surface area contributed by atoms with Crippen molar-refractivity contribution < 1.29 is 18.7 Å². The number of anilines is 1. The zero-order valence-electron chi connectivity index (χ0n) is 21.7. The van der Waals surface area contributed by atoms with Crippen LogP contribution in [-0.2, 0) is 20.7 Å². The fraction of sp³-hybridized carbons (Fsp3) is 0.125. The van der Waals surface area contributed by atoms with Crippen molar-refractivity contribution in [2.75, 3.05) is 11.5 Å². The average molecular weight is 532 g/mol. The Labute approximate surface area is 229 Å². The molecule has 1 atom stereocenters. The van der Waals surface area contributed by atoms with Crippen LogP contribution in [0, 0.1) is 0 Å². The van der Waals surface area contributed by atoms with Crippen LogP contribution in [0.15, 0.2) is 106 Å². The number of esters is 1. The first-order valence-corrected chi connectivity index (χ1v) is 12.9. The first-order valence-electron chi connectivity index (χ1n) is 12.9. The molecule has 0 bridgehead atoms. The van der Waals surface area contributed by atoms with Crippen molar-refractivity contribution in [1.29, 1.82) is 0 Å². The Bertz CT molecular complexity index is 1820. The van der Waals surface area contributed by atoms with E-state index in [4.69, 9.17) is 9.15 Å². The van der Waals surface area contributed by atoms with Crippen LogP contribution in [-0.4, -0.2) is 34.3 Å². The van der Waals surface area contributed by atoms with Gasteiger partial charge in [-0.05, 0) is 55.3 Å². The van der Waals surface area contributed by atoms with Crippen LogP contribution in [0.2, 0.25) is 0 Å². The molecule has 0 radical (unpaired) electrons. The molecule has 0 saturated heterocycles. The molecule has 5 aromatic rings. The number of hydrogen-bond acceptors (Lipinski definition) is 6. The molecule has 8 heteroatoms. The van der Waals surface area contributed by atoms with E-state index in [1.807, 2.05) is 73.7 Å². The second-order valence-corrected chi connectivity index (χ2v) is 9.59. The number of amides is 1. The van der Waals surface area contributed by atoms with Crippen LogP contribution in [0.4, 0.5) is 5.69 Å².